The fraction of sp³-hybridized carbons (Fsp3) is 0.562. The Balaban J connectivity index is 1.91. The van der Waals surface area contributed by atoms with Crippen molar-refractivity contribution >= 4 is 16.0 Å². The SMILES string of the molecule is COC(=O)c1ccc(C)c(S(=O)(=O)N2CCC3CNCC3C2)c1. The van der Waals surface area contributed by atoms with Crippen molar-refractivity contribution in [2.45, 2.75) is 18.2 Å². The van der Waals surface area contributed by atoms with Gasteiger partial charge in [0.05, 0.1) is 17.6 Å². The number of fused-ring (bicyclic) bond motifs is 1. The molecular weight excluding hydrogens is 316 g/mol. The third-order valence-corrected chi connectivity index (χ3v) is 6.90. The highest BCUT2D eigenvalue weighted by atomic mass is 32.2. The minimum atomic E-state index is -3.60. The second-order valence-corrected chi connectivity index (χ2v) is 8.21. The van der Waals surface area contributed by atoms with Gasteiger partial charge in [0.2, 0.25) is 10.0 Å². The predicted molar refractivity (Wildman–Crippen MR) is 85.7 cm³/mol. The molecular formula is C16H22N2O4S. The Morgan fingerprint density at radius 3 is 2.78 bits per heavy atom. The van der Waals surface area contributed by atoms with Gasteiger partial charge < -0.3 is 10.1 Å². The van der Waals surface area contributed by atoms with E-state index in [2.05, 4.69) is 5.32 Å². The number of sulfonamides is 1. The number of aryl methyl sites for hydroxylation is 1. The van der Waals surface area contributed by atoms with Crippen LogP contribution >= 0.6 is 0 Å². The highest BCUT2D eigenvalue weighted by Gasteiger charge is 2.38. The summed E-state index contributed by atoms with van der Waals surface area (Å²) in [6.07, 6.45) is 0.882. The third kappa shape index (κ3) is 3.00. The van der Waals surface area contributed by atoms with E-state index in [1.54, 1.807) is 23.4 Å². The number of piperidine rings is 1. The van der Waals surface area contributed by atoms with Crippen LogP contribution in [0.25, 0.3) is 0 Å². The van der Waals surface area contributed by atoms with Crippen LogP contribution in [0.2, 0.25) is 0 Å². The first-order chi connectivity index (χ1) is 10.9. The van der Waals surface area contributed by atoms with Crippen LogP contribution in [0.15, 0.2) is 23.1 Å². The molecule has 1 aromatic carbocycles. The minimum Gasteiger partial charge on any atom is -0.465 e. The Labute approximate surface area is 136 Å². The molecule has 0 spiro atoms. The Morgan fingerprint density at radius 1 is 1.30 bits per heavy atom. The molecule has 0 saturated carbocycles. The Kier molecular flexibility index (Phi) is 4.44. The second kappa shape index (κ2) is 6.22. The summed E-state index contributed by atoms with van der Waals surface area (Å²) in [4.78, 5) is 11.9. The first kappa shape index (κ1) is 16.4. The first-order valence-electron chi connectivity index (χ1n) is 7.83. The molecule has 1 aromatic rings. The van der Waals surface area contributed by atoms with E-state index < -0.39 is 16.0 Å². The number of hydrogen-bond acceptors (Lipinski definition) is 5. The lowest BCUT2D eigenvalue weighted by Gasteiger charge is -2.33. The van der Waals surface area contributed by atoms with Crippen molar-refractivity contribution in [3.63, 3.8) is 0 Å². The summed E-state index contributed by atoms with van der Waals surface area (Å²) in [6, 6.07) is 4.67. The van der Waals surface area contributed by atoms with Crippen molar-refractivity contribution in [1.29, 1.82) is 0 Å². The van der Waals surface area contributed by atoms with E-state index >= 15 is 0 Å². The minimum absolute atomic E-state index is 0.199. The van der Waals surface area contributed by atoms with Crippen molar-refractivity contribution in [3.8, 4) is 0 Å². The van der Waals surface area contributed by atoms with Gasteiger partial charge in [0.1, 0.15) is 0 Å². The van der Waals surface area contributed by atoms with Crippen LogP contribution < -0.4 is 5.32 Å². The Hall–Kier alpha value is -1.44. The molecule has 0 amide bonds. The van der Waals surface area contributed by atoms with Gasteiger partial charge in [-0.2, -0.15) is 4.31 Å². The van der Waals surface area contributed by atoms with E-state index in [1.165, 1.54) is 13.2 Å². The van der Waals surface area contributed by atoms with Gasteiger partial charge in [-0.25, -0.2) is 13.2 Å². The summed E-state index contributed by atoms with van der Waals surface area (Å²) in [5.74, 6) is 0.423. The highest BCUT2D eigenvalue weighted by Crippen LogP contribution is 2.31. The number of hydrogen-bond donors (Lipinski definition) is 1. The standard InChI is InChI=1S/C16H22N2O4S/c1-11-3-4-12(16(19)22-2)7-15(11)23(20,21)18-6-5-13-8-17-9-14(13)10-18/h3-4,7,13-14,17H,5-6,8-10H2,1-2H3. The molecule has 2 aliphatic heterocycles. The topological polar surface area (TPSA) is 75.7 Å². The quantitative estimate of drug-likeness (QED) is 0.833. The van der Waals surface area contributed by atoms with Crippen LogP contribution in [-0.4, -0.2) is 52.0 Å². The van der Waals surface area contributed by atoms with Crippen LogP contribution in [0.1, 0.15) is 22.3 Å². The first-order valence-corrected chi connectivity index (χ1v) is 9.27. The molecule has 2 aliphatic rings. The zero-order valence-electron chi connectivity index (χ0n) is 13.4. The van der Waals surface area contributed by atoms with Crippen LogP contribution in [0, 0.1) is 18.8 Å². The summed E-state index contributed by atoms with van der Waals surface area (Å²) < 4.78 is 32.3. The number of rotatable bonds is 3. The van der Waals surface area contributed by atoms with E-state index in [-0.39, 0.29) is 10.5 Å². The summed E-state index contributed by atoms with van der Waals surface area (Å²) in [5, 5.41) is 3.34. The molecule has 0 aromatic heterocycles. The summed E-state index contributed by atoms with van der Waals surface area (Å²) in [6.45, 7) is 4.68. The van der Waals surface area contributed by atoms with Gasteiger partial charge in [0.25, 0.3) is 0 Å². The number of carbonyl (C=O) groups excluding carboxylic acids is 1. The molecule has 2 atom stereocenters. The maximum absolute atomic E-state index is 13.0. The molecule has 2 fully saturated rings. The number of nitrogens with zero attached hydrogens (tertiary/aromatic N) is 1. The molecule has 23 heavy (non-hydrogen) atoms. The molecule has 2 saturated heterocycles. The zero-order chi connectivity index (χ0) is 16.6. The predicted octanol–water partition coefficient (Wildman–Crippen LogP) is 1.01. The van der Waals surface area contributed by atoms with Crippen molar-refractivity contribution < 1.29 is 17.9 Å². The van der Waals surface area contributed by atoms with E-state index in [0.29, 0.717) is 30.5 Å². The fourth-order valence-electron chi connectivity index (χ4n) is 3.48. The third-order valence-electron chi connectivity index (χ3n) is 4.89. The van der Waals surface area contributed by atoms with Gasteiger partial charge in [-0.3, -0.25) is 0 Å². The fourth-order valence-corrected chi connectivity index (χ4v) is 5.24. The Morgan fingerprint density at radius 2 is 2.04 bits per heavy atom. The summed E-state index contributed by atoms with van der Waals surface area (Å²) in [5.41, 5.74) is 0.901. The lowest BCUT2D eigenvalue weighted by Crippen LogP contribution is -2.43. The molecule has 2 heterocycles. The molecule has 0 aliphatic carbocycles. The number of methoxy groups -OCH3 is 1. The largest absolute Gasteiger partial charge is 0.465 e. The lowest BCUT2D eigenvalue weighted by molar-refractivity contribution is 0.0600. The van der Waals surface area contributed by atoms with Crippen LogP contribution in [0.3, 0.4) is 0 Å². The molecule has 3 rings (SSSR count). The number of nitrogens with one attached hydrogen (secondary N) is 1. The molecule has 2 unspecified atom stereocenters. The van der Waals surface area contributed by atoms with E-state index in [0.717, 1.165) is 19.5 Å². The van der Waals surface area contributed by atoms with Gasteiger partial charge in [-0.1, -0.05) is 6.07 Å². The average Bonchev–Trinajstić information content (AvgIpc) is 3.02. The van der Waals surface area contributed by atoms with Crippen molar-refractivity contribution in [2.24, 2.45) is 11.8 Å². The van der Waals surface area contributed by atoms with Crippen molar-refractivity contribution in [2.75, 3.05) is 33.3 Å². The highest BCUT2D eigenvalue weighted by molar-refractivity contribution is 7.89. The van der Waals surface area contributed by atoms with E-state index in [1.807, 2.05) is 0 Å². The van der Waals surface area contributed by atoms with Crippen molar-refractivity contribution in [3.05, 3.63) is 29.3 Å². The smallest absolute Gasteiger partial charge is 0.337 e. The van der Waals surface area contributed by atoms with Crippen LogP contribution in [0.5, 0.6) is 0 Å². The van der Waals surface area contributed by atoms with Gasteiger partial charge in [0.15, 0.2) is 0 Å². The zero-order valence-corrected chi connectivity index (χ0v) is 14.2. The Bertz CT molecular complexity index is 717. The van der Waals surface area contributed by atoms with Crippen molar-refractivity contribution in [1.82, 2.24) is 9.62 Å². The molecule has 6 nitrogen and oxygen atoms in total. The molecule has 1 N–H and O–H groups in total. The summed E-state index contributed by atoms with van der Waals surface area (Å²) >= 11 is 0. The van der Waals surface area contributed by atoms with E-state index in [4.69, 9.17) is 4.74 Å². The van der Waals surface area contributed by atoms with Gasteiger partial charge >= 0.3 is 5.97 Å². The summed E-state index contributed by atoms with van der Waals surface area (Å²) in [7, 11) is -2.31. The molecule has 7 heteroatoms. The monoisotopic (exact) mass is 338 g/mol. The molecule has 126 valence electrons. The second-order valence-electron chi connectivity index (χ2n) is 6.30. The molecule has 0 radical (unpaired) electrons. The van der Waals surface area contributed by atoms with E-state index in [9.17, 15) is 13.2 Å². The normalized spacial score (nSPS) is 25.1. The van der Waals surface area contributed by atoms with Gasteiger partial charge in [0, 0.05) is 13.1 Å². The van der Waals surface area contributed by atoms with Gasteiger partial charge in [-0.05, 0) is 56.0 Å². The number of esters is 1. The maximum Gasteiger partial charge on any atom is 0.337 e. The van der Waals surface area contributed by atoms with Gasteiger partial charge in [-0.15, -0.1) is 0 Å². The molecule has 0 bridgehead atoms. The van der Waals surface area contributed by atoms with Crippen LogP contribution in [-0.2, 0) is 14.8 Å². The number of carbonyl (C=O) groups is 1. The average molecular weight is 338 g/mol. The number of ether oxygens (including phenoxy) is 1. The number of benzene rings is 1. The van der Waals surface area contributed by atoms with Crippen LogP contribution in [0.4, 0.5) is 0 Å². The maximum atomic E-state index is 13.0. The lowest BCUT2D eigenvalue weighted by atomic mass is 9.90.